The Kier molecular flexibility index (Phi) is 4.56. The highest BCUT2D eigenvalue weighted by Gasteiger charge is 2.25. The summed E-state index contributed by atoms with van der Waals surface area (Å²) in [4.78, 5) is 12.3. The van der Waals surface area contributed by atoms with Crippen molar-refractivity contribution in [1.82, 2.24) is 5.32 Å². The summed E-state index contributed by atoms with van der Waals surface area (Å²) in [5.41, 5.74) is 6.46. The number of hydrogen-bond acceptors (Lipinski definition) is 3. The molecule has 1 aliphatic rings. The van der Waals surface area contributed by atoms with Crippen molar-refractivity contribution >= 4 is 21.6 Å². The standard InChI is InChI=1S/C20H24N2O3S/c1-11-12(2)14(4)19(15(5)13(11)3)26(24,25)22-17-7-6-16-8-9-21-20(23)18(16)10-17/h6-7,10,22H,8-9H2,1-5H3,(H,21,23). The molecule has 2 N–H and O–H groups in total. The molecular weight excluding hydrogens is 348 g/mol. The number of carbonyl (C=O) groups excluding carboxylic acids is 1. The van der Waals surface area contributed by atoms with E-state index in [2.05, 4.69) is 10.0 Å². The smallest absolute Gasteiger partial charge is 0.262 e. The van der Waals surface area contributed by atoms with Crippen LogP contribution >= 0.6 is 0 Å². The van der Waals surface area contributed by atoms with Gasteiger partial charge < -0.3 is 5.32 Å². The molecular formula is C20H24N2O3S. The molecule has 0 radical (unpaired) electrons. The predicted molar refractivity (Wildman–Crippen MR) is 103 cm³/mol. The van der Waals surface area contributed by atoms with Crippen LogP contribution in [0.25, 0.3) is 0 Å². The fourth-order valence-corrected chi connectivity index (χ4v) is 5.20. The van der Waals surface area contributed by atoms with Gasteiger partial charge in [0.2, 0.25) is 0 Å². The Labute approximate surface area is 154 Å². The number of nitrogens with one attached hydrogen (secondary N) is 2. The van der Waals surface area contributed by atoms with Crippen LogP contribution in [0.1, 0.15) is 43.7 Å². The Hall–Kier alpha value is -2.34. The minimum absolute atomic E-state index is 0.165. The van der Waals surface area contributed by atoms with Gasteiger partial charge in [-0.15, -0.1) is 0 Å². The predicted octanol–water partition coefficient (Wildman–Crippen LogP) is 3.32. The fourth-order valence-electron chi connectivity index (χ4n) is 3.55. The van der Waals surface area contributed by atoms with Gasteiger partial charge in [-0.05, 0) is 86.6 Å². The Bertz CT molecular complexity index is 995. The van der Waals surface area contributed by atoms with Gasteiger partial charge in [0.1, 0.15) is 0 Å². The largest absolute Gasteiger partial charge is 0.352 e. The molecule has 2 aromatic carbocycles. The van der Waals surface area contributed by atoms with Crippen molar-refractivity contribution in [2.75, 3.05) is 11.3 Å². The highest BCUT2D eigenvalue weighted by Crippen LogP contribution is 2.31. The van der Waals surface area contributed by atoms with Crippen molar-refractivity contribution in [1.29, 1.82) is 0 Å². The van der Waals surface area contributed by atoms with Crippen molar-refractivity contribution < 1.29 is 13.2 Å². The number of benzene rings is 2. The molecule has 1 aliphatic heterocycles. The molecule has 0 aliphatic carbocycles. The number of hydrogen-bond donors (Lipinski definition) is 2. The van der Waals surface area contributed by atoms with Crippen molar-refractivity contribution in [3.05, 3.63) is 57.1 Å². The Morgan fingerprint density at radius 2 is 1.50 bits per heavy atom. The number of carbonyl (C=O) groups is 1. The van der Waals surface area contributed by atoms with Crippen molar-refractivity contribution in [2.45, 2.75) is 45.9 Å². The van der Waals surface area contributed by atoms with Crippen LogP contribution in [0.2, 0.25) is 0 Å². The van der Waals surface area contributed by atoms with Crippen molar-refractivity contribution in [3.8, 4) is 0 Å². The average Bonchev–Trinajstić information content (AvgIpc) is 2.58. The first-order valence-electron chi connectivity index (χ1n) is 8.64. The SMILES string of the molecule is Cc1c(C)c(C)c(S(=O)(=O)Nc2ccc3c(c2)C(=O)NCC3)c(C)c1C. The number of amides is 1. The maximum absolute atomic E-state index is 13.1. The van der Waals surface area contributed by atoms with Crippen LogP contribution in [-0.4, -0.2) is 20.9 Å². The van der Waals surface area contributed by atoms with Crippen molar-refractivity contribution in [2.24, 2.45) is 0 Å². The molecule has 0 unspecified atom stereocenters. The van der Waals surface area contributed by atoms with E-state index in [0.29, 0.717) is 22.7 Å². The maximum Gasteiger partial charge on any atom is 0.262 e. The van der Waals surface area contributed by atoms with Gasteiger partial charge in [-0.3, -0.25) is 9.52 Å². The van der Waals surface area contributed by atoms with E-state index in [0.717, 1.165) is 39.8 Å². The van der Waals surface area contributed by atoms with Gasteiger partial charge in [-0.25, -0.2) is 8.42 Å². The number of fused-ring (bicyclic) bond motifs is 1. The summed E-state index contributed by atoms with van der Waals surface area (Å²) in [5.74, 6) is -0.165. The average molecular weight is 372 g/mol. The third-order valence-corrected chi connectivity index (χ3v) is 7.14. The second kappa shape index (κ2) is 6.43. The van der Waals surface area contributed by atoms with Crippen LogP contribution in [0.3, 0.4) is 0 Å². The van der Waals surface area contributed by atoms with E-state index >= 15 is 0 Å². The quantitative estimate of drug-likeness (QED) is 0.868. The molecule has 0 aromatic heterocycles. The zero-order chi connectivity index (χ0) is 19.2. The van der Waals surface area contributed by atoms with Crippen LogP contribution in [0.5, 0.6) is 0 Å². The summed E-state index contributed by atoms with van der Waals surface area (Å²) in [6.07, 6.45) is 0.753. The fraction of sp³-hybridized carbons (Fsp3) is 0.350. The van der Waals surface area contributed by atoms with Gasteiger partial charge in [0.05, 0.1) is 4.90 Å². The summed E-state index contributed by atoms with van der Waals surface area (Å²) < 4.78 is 28.8. The van der Waals surface area contributed by atoms with E-state index in [1.165, 1.54) is 0 Å². The minimum atomic E-state index is -3.76. The van der Waals surface area contributed by atoms with Gasteiger partial charge in [0, 0.05) is 17.8 Å². The van der Waals surface area contributed by atoms with Crippen LogP contribution < -0.4 is 10.0 Å². The summed E-state index contributed by atoms with van der Waals surface area (Å²) in [7, 11) is -3.76. The third kappa shape index (κ3) is 2.98. The second-order valence-corrected chi connectivity index (χ2v) is 8.56. The molecule has 0 spiro atoms. The van der Waals surface area contributed by atoms with E-state index in [9.17, 15) is 13.2 Å². The van der Waals surface area contributed by atoms with Crippen LogP contribution in [-0.2, 0) is 16.4 Å². The molecule has 6 heteroatoms. The van der Waals surface area contributed by atoms with Gasteiger partial charge >= 0.3 is 0 Å². The van der Waals surface area contributed by atoms with Gasteiger partial charge in [0.25, 0.3) is 15.9 Å². The lowest BCUT2D eigenvalue weighted by atomic mass is 9.95. The van der Waals surface area contributed by atoms with Crippen LogP contribution in [0.4, 0.5) is 5.69 Å². The van der Waals surface area contributed by atoms with E-state index in [4.69, 9.17) is 0 Å². The molecule has 2 aromatic rings. The number of anilines is 1. The Balaban J connectivity index is 2.06. The van der Waals surface area contributed by atoms with Gasteiger partial charge in [-0.1, -0.05) is 6.07 Å². The molecule has 0 atom stereocenters. The Morgan fingerprint density at radius 1 is 0.923 bits per heavy atom. The molecule has 0 saturated heterocycles. The lowest BCUT2D eigenvalue weighted by Crippen LogP contribution is -2.31. The molecule has 0 bridgehead atoms. The maximum atomic E-state index is 13.1. The van der Waals surface area contributed by atoms with E-state index in [1.54, 1.807) is 12.1 Å². The first-order chi connectivity index (χ1) is 12.1. The first-order valence-corrected chi connectivity index (χ1v) is 10.1. The number of rotatable bonds is 3. The summed E-state index contributed by atoms with van der Waals surface area (Å²) in [6.45, 7) is 10.2. The third-order valence-electron chi connectivity index (χ3n) is 5.49. The lowest BCUT2D eigenvalue weighted by molar-refractivity contribution is 0.0946. The summed E-state index contributed by atoms with van der Waals surface area (Å²) in [6, 6.07) is 5.14. The molecule has 1 amide bonds. The summed E-state index contributed by atoms with van der Waals surface area (Å²) >= 11 is 0. The zero-order valence-electron chi connectivity index (χ0n) is 15.8. The zero-order valence-corrected chi connectivity index (χ0v) is 16.6. The van der Waals surface area contributed by atoms with Crippen LogP contribution in [0.15, 0.2) is 23.1 Å². The molecule has 0 saturated carbocycles. The van der Waals surface area contributed by atoms with Gasteiger partial charge in [-0.2, -0.15) is 0 Å². The topological polar surface area (TPSA) is 75.3 Å². The summed E-state index contributed by atoms with van der Waals surface area (Å²) in [5, 5.41) is 2.78. The van der Waals surface area contributed by atoms with Crippen LogP contribution in [0, 0.1) is 34.6 Å². The number of sulfonamides is 1. The molecule has 1 heterocycles. The van der Waals surface area contributed by atoms with Gasteiger partial charge in [0.15, 0.2) is 0 Å². The Morgan fingerprint density at radius 3 is 2.12 bits per heavy atom. The van der Waals surface area contributed by atoms with E-state index < -0.39 is 10.0 Å². The lowest BCUT2D eigenvalue weighted by Gasteiger charge is -2.20. The molecule has 0 fully saturated rings. The molecule has 3 rings (SSSR count). The molecule has 26 heavy (non-hydrogen) atoms. The normalized spacial score (nSPS) is 14.0. The highest BCUT2D eigenvalue weighted by atomic mass is 32.2. The first kappa shape index (κ1) is 18.5. The highest BCUT2D eigenvalue weighted by molar-refractivity contribution is 7.92. The monoisotopic (exact) mass is 372 g/mol. The molecule has 138 valence electrons. The molecule has 5 nitrogen and oxygen atoms in total. The van der Waals surface area contributed by atoms with E-state index in [1.807, 2.05) is 40.7 Å². The second-order valence-electron chi connectivity index (χ2n) is 6.94. The van der Waals surface area contributed by atoms with Crippen molar-refractivity contribution in [3.63, 3.8) is 0 Å². The minimum Gasteiger partial charge on any atom is -0.352 e. The van der Waals surface area contributed by atoms with E-state index in [-0.39, 0.29) is 5.91 Å².